The summed E-state index contributed by atoms with van der Waals surface area (Å²) >= 11 is 0. The van der Waals surface area contributed by atoms with E-state index in [2.05, 4.69) is 12.2 Å². The van der Waals surface area contributed by atoms with Gasteiger partial charge in [-0.1, -0.05) is 19.8 Å². The molecule has 2 atom stereocenters. The lowest BCUT2D eigenvalue weighted by molar-refractivity contribution is -0.151. The Labute approximate surface area is 117 Å². The van der Waals surface area contributed by atoms with E-state index in [-0.39, 0.29) is 12.1 Å². The van der Waals surface area contributed by atoms with Crippen LogP contribution in [0.4, 0.5) is 0 Å². The van der Waals surface area contributed by atoms with Crippen molar-refractivity contribution in [3.63, 3.8) is 0 Å². The van der Waals surface area contributed by atoms with E-state index in [1.165, 1.54) is 32.1 Å². The fourth-order valence-corrected chi connectivity index (χ4v) is 3.46. The SMILES string of the molecule is CCC1CCCC(OC(=O)CCC2CCNCC2)C1. The molecule has 19 heavy (non-hydrogen) atoms. The second kappa shape index (κ2) is 7.88. The standard InChI is InChI=1S/C16H29NO2/c1-2-13-4-3-5-15(12-13)19-16(18)7-6-14-8-10-17-11-9-14/h13-15,17H,2-12H2,1H3. The summed E-state index contributed by atoms with van der Waals surface area (Å²) in [6.07, 6.45) is 10.2. The van der Waals surface area contributed by atoms with Crippen LogP contribution in [0.25, 0.3) is 0 Å². The van der Waals surface area contributed by atoms with Crippen molar-refractivity contribution in [2.24, 2.45) is 11.8 Å². The molecular weight excluding hydrogens is 238 g/mol. The highest BCUT2D eigenvalue weighted by Gasteiger charge is 2.24. The maximum atomic E-state index is 11.9. The van der Waals surface area contributed by atoms with Crippen LogP contribution in [0.1, 0.15) is 64.7 Å². The van der Waals surface area contributed by atoms with Crippen LogP contribution in [0.2, 0.25) is 0 Å². The third kappa shape index (κ3) is 5.13. The van der Waals surface area contributed by atoms with E-state index in [0.29, 0.717) is 6.42 Å². The van der Waals surface area contributed by atoms with Gasteiger partial charge in [0.1, 0.15) is 6.10 Å². The molecule has 1 aliphatic heterocycles. The Bertz CT molecular complexity index is 274. The fraction of sp³-hybridized carbons (Fsp3) is 0.938. The summed E-state index contributed by atoms with van der Waals surface area (Å²) in [5, 5.41) is 3.36. The predicted octanol–water partition coefficient (Wildman–Crippen LogP) is 3.28. The summed E-state index contributed by atoms with van der Waals surface area (Å²) in [5.41, 5.74) is 0. The molecule has 1 saturated heterocycles. The lowest BCUT2D eigenvalue weighted by atomic mass is 9.85. The Balaban J connectivity index is 1.63. The van der Waals surface area contributed by atoms with E-state index in [1.807, 2.05) is 0 Å². The lowest BCUT2D eigenvalue weighted by Gasteiger charge is -2.28. The first-order chi connectivity index (χ1) is 9.28. The molecule has 0 aromatic carbocycles. The second-order valence-electron chi connectivity index (χ2n) is 6.28. The minimum Gasteiger partial charge on any atom is -0.462 e. The minimum atomic E-state index is 0.0419. The highest BCUT2D eigenvalue weighted by atomic mass is 16.5. The lowest BCUT2D eigenvalue weighted by Crippen LogP contribution is -2.29. The third-order valence-electron chi connectivity index (χ3n) is 4.83. The minimum absolute atomic E-state index is 0.0419. The van der Waals surface area contributed by atoms with E-state index in [9.17, 15) is 4.79 Å². The van der Waals surface area contributed by atoms with Gasteiger partial charge in [0.2, 0.25) is 0 Å². The average molecular weight is 267 g/mol. The Hall–Kier alpha value is -0.570. The maximum absolute atomic E-state index is 11.9. The zero-order valence-electron chi connectivity index (χ0n) is 12.3. The van der Waals surface area contributed by atoms with Crippen LogP contribution >= 0.6 is 0 Å². The van der Waals surface area contributed by atoms with Crippen LogP contribution in [0.5, 0.6) is 0 Å². The van der Waals surface area contributed by atoms with Crippen molar-refractivity contribution in [3.8, 4) is 0 Å². The summed E-state index contributed by atoms with van der Waals surface area (Å²) in [6.45, 7) is 4.47. The van der Waals surface area contributed by atoms with Crippen molar-refractivity contribution < 1.29 is 9.53 Å². The van der Waals surface area contributed by atoms with Crippen molar-refractivity contribution in [2.75, 3.05) is 13.1 Å². The predicted molar refractivity (Wildman–Crippen MR) is 77.0 cm³/mol. The molecular formula is C16H29NO2. The van der Waals surface area contributed by atoms with E-state index < -0.39 is 0 Å². The van der Waals surface area contributed by atoms with Crippen molar-refractivity contribution in [3.05, 3.63) is 0 Å². The second-order valence-corrected chi connectivity index (χ2v) is 6.28. The van der Waals surface area contributed by atoms with Gasteiger partial charge in [0.15, 0.2) is 0 Å². The molecule has 0 bridgehead atoms. The highest BCUT2D eigenvalue weighted by Crippen LogP contribution is 2.29. The van der Waals surface area contributed by atoms with Crippen LogP contribution in [-0.4, -0.2) is 25.2 Å². The largest absolute Gasteiger partial charge is 0.462 e. The van der Waals surface area contributed by atoms with Gasteiger partial charge < -0.3 is 10.1 Å². The molecule has 3 heteroatoms. The van der Waals surface area contributed by atoms with E-state index in [4.69, 9.17) is 4.74 Å². The summed E-state index contributed by atoms with van der Waals surface area (Å²) in [7, 11) is 0. The quantitative estimate of drug-likeness (QED) is 0.777. The highest BCUT2D eigenvalue weighted by molar-refractivity contribution is 5.69. The van der Waals surface area contributed by atoms with Gasteiger partial charge in [-0.15, -0.1) is 0 Å². The number of carbonyl (C=O) groups is 1. The van der Waals surface area contributed by atoms with Crippen molar-refractivity contribution in [2.45, 2.75) is 70.8 Å². The Morgan fingerprint density at radius 2 is 1.95 bits per heavy atom. The molecule has 1 saturated carbocycles. The molecule has 0 radical (unpaired) electrons. The molecule has 0 aromatic rings. The van der Waals surface area contributed by atoms with Gasteiger partial charge in [-0.05, 0) is 63.5 Å². The Kier molecular flexibility index (Phi) is 6.15. The molecule has 1 N–H and O–H groups in total. The fourth-order valence-electron chi connectivity index (χ4n) is 3.46. The Morgan fingerprint density at radius 3 is 2.68 bits per heavy atom. The van der Waals surface area contributed by atoms with Gasteiger partial charge in [0.25, 0.3) is 0 Å². The molecule has 0 spiro atoms. The van der Waals surface area contributed by atoms with Gasteiger partial charge in [-0.2, -0.15) is 0 Å². The average Bonchev–Trinajstić information content (AvgIpc) is 2.46. The third-order valence-corrected chi connectivity index (χ3v) is 4.83. The van der Waals surface area contributed by atoms with Crippen LogP contribution in [0, 0.1) is 11.8 Å². The zero-order valence-corrected chi connectivity index (χ0v) is 12.3. The first-order valence-corrected chi connectivity index (χ1v) is 8.18. The topological polar surface area (TPSA) is 38.3 Å². The number of hydrogen-bond donors (Lipinski definition) is 1. The van der Waals surface area contributed by atoms with Gasteiger partial charge in [-0.3, -0.25) is 4.79 Å². The van der Waals surface area contributed by atoms with Crippen molar-refractivity contribution in [1.82, 2.24) is 5.32 Å². The molecule has 2 rings (SSSR count). The summed E-state index contributed by atoms with van der Waals surface area (Å²) < 4.78 is 5.66. The normalized spacial score (nSPS) is 29.1. The number of carbonyl (C=O) groups excluding carboxylic acids is 1. The summed E-state index contributed by atoms with van der Waals surface area (Å²) in [5.74, 6) is 1.54. The monoisotopic (exact) mass is 267 g/mol. The first-order valence-electron chi connectivity index (χ1n) is 8.18. The zero-order chi connectivity index (χ0) is 13.5. The number of esters is 1. The van der Waals surface area contributed by atoms with Crippen LogP contribution in [0.3, 0.4) is 0 Å². The van der Waals surface area contributed by atoms with Gasteiger partial charge in [-0.25, -0.2) is 0 Å². The molecule has 0 aromatic heterocycles. The summed E-state index contributed by atoms with van der Waals surface area (Å²) in [4.78, 5) is 11.9. The molecule has 110 valence electrons. The Morgan fingerprint density at radius 1 is 1.16 bits per heavy atom. The number of rotatable bonds is 5. The number of nitrogens with one attached hydrogen (secondary N) is 1. The van der Waals surface area contributed by atoms with E-state index in [0.717, 1.165) is 44.2 Å². The molecule has 0 amide bonds. The van der Waals surface area contributed by atoms with E-state index in [1.54, 1.807) is 0 Å². The molecule has 1 aliphatic carbocycles. The number of hydrogen-bond acceptors (Lipinski definition) is 3. The van der Waals surface area contributed by atoms with Crippen LogP contribution < -0.4 is 5.32 Å². The first kappa shape index (κ1) is 14.8. The molecule has 2 aliphatic rings. The smallest absolute Gasteiger partial charge is 0.306 e. The maximum Gasteiger partial charge on any atom is 0.306 e. The van der Waals surface area contributed by atoms with Gasteiger partial charge in [0.05, 0.1) is 0 Å². The van der Waals surface area contributed by atoms with E-state index >= 15 is 0 Å². The molecule has 1 heterocycles. The number of ether oxygens (including phenoxy) is 1. The molecule has 3 nitrogen and oxygen atoms in total. The van der Waals surface area contributed by atoms with Crippen molar-refractivity contribution >= 4 is 5.97 Å². The van der Waals surface area contributed by atoms with Crippen LogP contribution in [0.15, 0.2) is 0 Å². The van der Waals surface area contributed by atoms with Crippen molar-refractivity contribution in [1.29, 1.82) is 0 Å². The summed E-state index contributed by atoms with van der Waals surface area (Å²) in [6, 6.07) is 0. The van der Waals surface area contributed by atoms with Gasteiger partial charge >= 0.3 is 5.97 Å². The van der Waals surface area contributed by atoms with Crippen LogP contribution in [-0.2, 0) is 9.53 Å². The number of piperidine rings is 1. The molecule has 2 unspecified atom stereocenters. The van der Waals surface area contributed by atoms with Gasteiger partial charge in [0, 0.05) is 6.42 Å². The molecule has 2 fully saturated rings.